The highest BCUT2D eigenvalue weighted by Gasteiger charge is 2.68. The van der Waals surface area contributed by atoms with Crippen LogP contribution in [0.25, 0.3) is 0 Å². The normalized spacial score (nSPS) is 46.5. The van der Waals surface area contributed by atoms with E-state index in [1.54, 1.807) is 0 Å². The number of fused-ring (bicyclic) bond motifs is 8. The second-order valence-corrected chi connectivity index (χ2v) is 19.7. The van der Waals surface area contributed by atoms with E-state index in [9.17, 15) is 0 Å². The molecule has 1 heterocycles. The fourth-order valence-electron chi connectivity index (χ4n) is 8.75. The third-order valence-corrected chi connectivity index (χ3v) is 16.1. The van der Waals surface area contributed by atoms with E-state index in [1.807, 2.05) is 6.92 Å². The highest BCUT2D eigenvalue weighted by atomic mass is 28.4. The molecule has 1 saturated heterocycles. The van der Waals surface area contributed by atoms with Crippen LogP contribution >= 0.6 is 0 Å². The summed E-state index contributed by atoms with van der Waals surface area (Å²) in [4.78, 5) is 0. The maximum absolute atomic E-state index is 7.02. The molecule has 196 valence electrons. The molecule has 4 unspecified atom stereocenters. The maximum atomic E-state index is 7.02. The lowest BCUT2D eigenvalue weighted by molar-refractivity contribution is -0.182. The molecule has 5 rings (SSSR count). The molecule has 3 saturated carbocycles. The molecule has 0 aromatic rings. The van der Waals surface area contributed by atoms with Crippen LogP contribution in [0, 0.1) is 46.3 Å². The first-order chi connectivity index (χ1) is 16.1. The minimum absolute atomic E-state index is 0.172. The van der Waals surface area contributed by atoms with E-state index in [0.29, 0.717) is 35.2 Å². The molecule has 0 radical (unpaired) electrons. The van der Waals surface area contributed by atoms with Gasteiger partial charge in [0.05, 0.1) is 12.2 Å². The van der Waals surface area contributed by atoms with Gasteiger partial charge in [-0.1, -0.05) is 46.6 Å². The summed E-state index contributed by atoms with van der Waals surface area (Å²) in [5.74, 6) is 8.54. The lowest BCUT2D eigenvalue weighted by atomic mass is 9.43. The summed E-state index contributed by atoms with van der Waals surface area (Å²) in [6.07, 6.45) is 10.4. The smallest absolute Gasteiger partial charge is 0.192 e. The van der Waals surface area contributed by atoms with Gasteiger partial charge in [-0.05, 0) is 107 Å². The second kappa shape index (κ2) is 8.20. The van der Waals surface area contributed by atoms with E-state index in [0.717, 1.165) is 12.8 Å². The maximum Gasteiger partial charge on any atom is 0.192 e. The lowest BCUT2D eigenvalue weighted by Gasteiger charge is -2.63. The predicted octanol–water partition coefficient (Wildman–Crippen LogP) is 7.72. The lowest BCUT2D eigenvalue weighted by Crippen LogP contribution is -2.63. The summed E-state index contributed by atoms with van der Waals surface area (Å²) in [7, 11) is -1.80. The Kier molecular flexibility index (Phi) is 6.09. The number of allylic oxidation sites excluding steroid dienone is 2. The first-order valence-electron chi connectivity index (χ1n) is 14.3. The monoisotopic (exact) mass is 498 g/mol. The van der Waals surface area contributed by atoms with Crippen LogP contribution in [0.4, 0.5) is 0 Å². The largest absolute Gasteiger partial charge is 0.414 e. The standard InChI is InChI=1S/C31H50O3Si/c1-11-12-20-13-14-22-25-23(16-18-30(20,22)7)31(8)17-15-21(34-35(9,10)28(2,3)4)19-24(31)26-27(25)33-29(5,6)32-26/h13,21-27H,14-19H2,1-10H3/t21-,22?,23?,24?,25?,26-,27-,30-,31-/m1/s1. The second-order valence-electron chi connectivity index (χ2n) is 14.9. The van der Waals surface area contributed by atoms with Gasteiger partial charge in [0.15, 0.2) is 14.1 Å². The minimum Gasteiger partial charge on any atom is -0.414 e. The molecule has 4 aliphatic carbocycles. The molecule has 0 amide bonds. The zero-order chi connectivity index (χ0) is 25.6. The van der Waals surface area contributed by atoms with Crippen LogP contribution in [0.1, 0.15) is 93.9 Å². The van der Waals surface area contributed by atoms with Gasteiger partial charge in [0.25, 0.3) is 0 Å². The molecular weight excluding hydrogens is 448 g/mol. The first-order valence-corrected chi connectivity index (χ1v) is 17.2. The van der Waals surface area contributed by atoms with Crippen molar-refractivity contribution < 1.29 is 13.9 Å². The molecule has 35 heavy (non-hydrogen) atoms. The van der Waals surface area contributed by atoms with E-state index in [4.69, 9.17) is 13.9 Å². The molecule has 1 aliphatic heterocycles. The van der Waals surface area contributed by atoms with Crippen molar-refractivity contribution >= 4 is 8.32 Å². The van der Waals surface area contributed by atoms with Gasteiger partial charge in [-0.2, -0.15) is 0 Å². The molecule has 9 atom stereocenters. The van der Waals surface area contributed by atoms with Crippen molar-refractivity contribution in [2.45, 2.75) is 136 Å². The molecule has 5 aliphatic rings. The van der Waals surface area contributed by atoms with E-state index < -0.39 is 14.1 Å². The number of hydrogen-bond donors (Lipinski definition) is 0. The van der Waals surface area contributed by atoms with E-state index in [2.05, 4.69) is 79.5 Å². The van der Waals surface area contributed by atoms with Crippen LogP contribution in [0.5, 0.6) is 0 Å². The third-order valence-electron chi connectivity index (χ3n) is 11.6. The Morgan fingerprint density at radius 1 is 0.971 bits per heavy atom. The summed E-state index contributed by atoms with van der Waals surface area (Å²) in [6.45, 7) is 23.2. The summed E-state index contributed by atoms with van der Waals surface area (Å²) in [6, 6.07) is 0. The third kappa shape index (κ3) is 3.94. The van der Waals surface area contributed by atoms with Crippen LogP contribution < -0.4 is 0 Å². The van der Waals surface area contributed by atoms with Crippen molar-refractivity contribution in [1.82, 2.24) is 0 Å². The Labute approximate surface area is 216 Å². The number of hydrogen-bond acceptors (Lipinski definition) is 3. The van der Waals surface area contributed by atoms with Crippen molar-refractivity contribution in [2.24, 2.45) is 34.5 Å². The Morgan fingerprint density at radius 2 is 1.66 bits per heavy atom. The Balaban J connectivity index is 1.47. The molecular formula is C31H50O3Si. The topological polar surface area (TPSA) is 27.7 Å². The van der Waals surface area contributed by atoms with Crippen LogP contribution in [-0.2, 0) is 13.9 Å². The highest BCUT2D eigenvalue weighted by Crippen LogP contribution is 2.68. The number of ether oxygens (including phenoxy) is 2. The molecule has 3 nitrogen and oxygen atoms in total. The molecule has 0 N–H and O–H groups in total. The van der Waals surface area contributed by atoms with Crippen molar-refractivity contribution in [3.8, 4) is 11.8 Å². The minimum atomic E-state index is -1.80. The van der Waals surface area contributed by atoms with Crippen molar-refractivity contribution in [1.29, 1.82) is 0 Å². The Morgan fingerprint density at radius 3 is 2.31 bits per heavy atom. The summed E-state index contributed by atoms with van der Waals surface area (Å²) in [5, 5.41) is 0.241. The average Bonchev–Trinajstić information content (AvgIpc) is 3.24. The Bertz CT molecular complexity index is 949. The summed E-state index contributed by atoms with van der Waals surface area (Å²) < 4.78 is 20.7. The summed E-state index contributed by atoms with van der Waals surface area (Å²) >= 11 is 0. The molecule has 0 aromatic carbocycles. The first kappa shape index (κ1) is 26.0. The zero-order valence-corrected chi connectivity index (χ0v) is 25.1. The van der Waals surface area contributed by atoms with Gasteiger partial charge < -0.3 is 13.9 Å². The molecule has 4 fully saturated rings. The van der Waals surface area contributed by atoms with Gasteiger partial charge >= 0.3 is 0 Å². The van der Waals surface area contributed by atoms with Gasteiger partial charge in [-0.3, -0.25) is 0 Å². The fraction of sp³-hybridized carbons (Fsp3) is 0.871. The van der Waals surface area contributed by atoms with Gasteiger partial charge in [-0.15, -0.1) is 5.92 Å². The van der Waals surface area contributed by atoms with Crippen LogP contribution in [0.2, 0.25) is 18.1 Å². The average molecular weight is 499 g/mol. The van der Waals surface area contributed by atoms with Gasteiger partial charge in [0, 0.05) is 17.1 Å². The van der Waals surface area contributed by atoms with Crippen LogP contribution in [0.3, 0.4) is 0 Å². The Hall–Kier alpha value is -0.603. The molecule has 0 aromatic heterocycles. The van der Waals surface area contributed by atoms with E-state index >= 15 is 0 Å². The van der Waals surface area contributed by atoms with Gasteiger partial charge in [-0.25, -0.2) is 0 Å². The molecule has 0 spiro atoms. The van der Waals surface area contributed by atoms with E-state index in [1.165, 1.54) is 31.3 Å². The molecule has 4 heteroatoms. The van der Waals surface area contributed by atoms with Crippen LogP contribution in [0.15, 0.2) is 11.6 Å². The number of rotatable bonds is 2. The quantitative estimate of drug-likeness (QED) is 0.288. The van der Waals surface area contributed by atoms with Crippen molar-refractivity contribution in [3.63, 3.8) is 0 Å². The zero-order valence-electron chi connectivity index (χ0n) is 24.1. The SMILES string of the molecule is CC#CC1=CCC2C3C(CC[C@]12C)[C@@]1(C)CC[C@@H](O[Si](C)(C)C(C)(C)C)CC1[C@H]1OC(C)(C)O[C@H]31. The van der Waals surface area contributed by atoms with E-state index in [-0.39, 0.29) is 22.7 Å². The van der Waals surface area contributed by atoms with Crippen molar-refractivity contribution in [3.05, 3.63) is 11.6 Å². The predicted molar refractivity (Wildman–Crippen MR) is 145 cm³/mol. The summed E-state index contributed by atoms with van der Waals surface area (Å²) in [5.41, 5.74) is 1.87. The van der Waals surface area contributed by atoms with Gasteiger partial charge in [0.2, 0.25) is 0 Å². The van der Waals surface area contributed by atoms with Gasteiger partial charge in [0.1, 0.15) is 0 Å². The molecule has 0 bridgehead atoms. The van der Waals surface area contributed by atoms with Crippen molar-refractivity contribution in [2.75, 3.05) is 0 Å². The fourth-order valence-corrected chi connectivity index (χ4v) is 10.1. The van der Waals surface area contributed by atoms with Crippen LogP contribution in [-0.4, -0.2) is 32.4 Å². The highest BCUT2D eigenvalue weighted by molar-refractivity contribution is 6.74.